The lowest BCUT2D eigenvalue weighted by Gasteiger charge is -2.24. The molecule has 0 amide bonds. The maximum Gasteiger partial charge on any atom is 0.434 e. The second-order valence-corrected chi connectivity index (χ2v) is 7.21. The van der Waals surface area contributed by atoms with Crippen LogP contribution in [-0.2, 0) is 17.5 Å². The van der Waals surface area contributed by atoms with Gasteiger partial charge in [-0.3, -0.25) is 0 Å². The van der Waals surface area contributed by atoms with Crippen molar-refractivity contribution in [3.8, 4) is 0 Å². The van der Waals surface area contributed by atoms with E-state index in [1.54, 1.807) is 0 Å². The number of alkyl halides is 3. The SMILES string of the molecule is CCNC(=NCc1nc(C(F)(F)F)cs1)N1CCC2(CCOC2)C1. The van der Waals surface area contributed by atoms with Crippen LogP contribution in [0.1, 0.15) is 30.5 Å². The van der Waals surface area contributed by atoms with Crippen LogP contribution in [0.25, 0.3) is 0 Å². The molecule has 2 saturated heterocycles. The van der Waals surface area contributed by atoms with Gasteiger partial charge in [-0.2, -0.15) is 13.2 Å². The number of aliphatic imine (C=N–C) groups is 1. The first-order chi connectivity index (χ1) is 11.4. The minimum Gasteiger partial charge on any atom is -0.381 e. The van der Waals surface area contributed by atoms with Crippen molar-refractivity contribution in [2.75, 3.05) is 32.8 Å². The fourth-order valence-corrected chi connectivity index (χ4v) is 3.89. The molecule has 0 bridgehead atoms. The van der Waals surface area contributed by atoms with Crippen molar-refractivity contribution < 1.29 is 17.9 Å². The number of ether oxygens (including phenoxy) is 1. The summed E-state index contributed by atoms with van der Waals surface area (Å²) in [6, 6.07) is 0. The number of hydrogen-bond donors (Lipinski definition) is 1. The molecule has 0 radical (unpaired) electrons. The van der Waals surface area contributed by atoms with Gasteiger partial charge in [0.15, 0.2) is 11.7 Å². The quantitative estimate of drug-likeness (QED) is 0.664. The van der Waals surface area contributed by atoms with Crippen LogP contribution in [0.3, 0.4) is 0 Å². The van der Waals surface area contributed by atoms with Crippen molar-refractivity contribution in [2.24, 2.45) is 10.4 Å². The predicted octanol–water partition coefficient (Wildman–Crippen LogP) is 2.74. The third-order valence-electron chi connectivity index (χ3n) is 4.46. The van der Waals surface area contributed by atoms with Crippen molar-refractivity contribution in [3.05, 3.63) is 16.1 Å². The second kappa shape index (κ2) is 6.87. The summed E-state index contributed by atoms with van der Waals surface area (Å²) in [5.74, 6) is 0.741. The largest absolute Gasteiger partial charge is 0.434 e. The zero-order valence-electron chi connectivity index (χ0n) is 13.5. The fraction of sp³-hybridized carbons (Fsp3) is 0.733. The summed E-state index contributed by atoms with van der Waals surface area (Å²) in [5, 5.41) is 4.64. The zero-order valence-corrected chi connectivity index (χ0v) is 14.3. The van der Waals surface area contributed by atoms with Crippen LogP contribution >= 0.6 is 11.3 Å². The topological polar surface area (TPSA) is 49.8 Å². The first-order valence-corrected chi connectivity index (χ1v) is 8.92. The Morgan fingerprint density at radius 2 is 2.33 bits per heavy atom. The molecule has 1 aromatic heterocycles. The number of likely N-dealkylation sites (tertiary alicyclic amines) is 1. The molecule has 2 aliphatic heterocycles. The number of aromatic nitrogens is 1. The standard InChI is InChI=1S/C15H21F3N4OS/c1-2-19-13(22-5-3-14(9-22)4-6-23-10-14)20-7-12-21-11(8-24-12)15(16,17)18/h8H,2-7,9-10H2,1H3,(H,19,20). The first-order valence-electron chi connectivity index (χ1n) is 8.04. The summed E-state index contributed by atoms with van der Waals surface area (Å²) in [6.07, 6.45) is -2.27. The van der Waals surface area contributed by atoms with Gasteiger partial charge >= 0.3 is 6.18 Å². The molecule has 24 heavy (non-hydrogen) atoms. The van der Waals surface area contributed by atoms with E-state index in [0.717, 1.165) is 61.8 Å². The Morgan fingerprint density at radius 3 is 2.96 bits per heavy atom. The van der Waals surface area contributed by atoms with Gasteiger partial charge in [-0.15, -0.1) is 11.3 Å². The van der Waals surface area contributed by atoms with Gasteiger partial charge < -0.3 is 15.0 Å². The highest BCUT2D eigenvalue weighted by Crippen LogP contribution is 2.38. The van der Waals surface area contributed by atoms with Crippen LogP contribution < -0.4 is 5.32 Å². The molecule has 2 aliphatic rings. The summed E-state index contributed by atoms with van der Waals surface area (Å²) < 4.78 is 43.4. The zero-order chi connectivity index (χ0) is 17.2. The third kappa shape index (κ3) is 3.83. The second-order valence-electron chi connectivity index (χ2n) is 6.27. The molecule has 5 nitrogen and oxygen atoms in total. The van der Waals surface area contributed by atoms with E-state index in [2.05, 4.69) is 20.2 Å². The van der Waals surface area contributed by atoms with Gasteiger partial charge in [0.2, 0.25) is 0 Å². The van der Waals surface area contributed by atoms with E-state index in [-0.39, 0.29) is 12.0 Å². The highest BCUT2D eigenvalue weighted by molar-refractivity contribution is 7.09. The van der Waals surface area contributed by atoms with Crippen LogP contribution in [0.15, 0.2) is 10.4 Å². The van der Waals surface area contributed by atoms with E-state index < -0.39 is 11.9 Å². The molecular weight excluding hydrogens is 341 g/mol. The normalized spacial score (nSPS) is 25.0. The molecule has 1 aromatic rings. The molecular formula is C15H21F3N4OS. The van der Waals surface area contributed by atoms with Crippen LogP contribution in [0.4, 0.5) is 13.2 Å². The van der Waals surface area contributed by atoms with E-state index in [0.29, 0.717) is 11.6 Å². The highest BCUT2D eigenvalue weighted by atomic mass is 32.1. The Labute approximate surface area is 142 Å². The van der Waals surface area contributed by atoms with Crippen LogP contribution in [0.2, 0.25) is 0 Å². The number of guanidine groups is 1. The van der Waals surface area contributed by atoms with Crippen molar-refractivity contribution in [3.63, 3.8) is 0 Å². The summed E-state index contributed by atoms with van der Waals surface area (Å²) >= 11 is 0.993. The fourth-order valence-electron chi connectivity index (χ4n) is 3.17. The molecule has 3 rings (SSSR count). The molecule has 0 aromatic carbocycles. The van der Waals surface area contributed by atoms with Crippen molar-refractivity contribution in [2.45, 2.75) is 32.5 Å². The lowest BCUT2D eigenvalue weighted by Crippen LogP contribution is -2.41. The lowest BCUT2D eigenvalue weighted by atomic mass is 9.87. The predicted molar refractivity (Wildman–Crippen MR) is 86.0 cm³/mol. The van der Waals surface area contributed by atoms with E-state index in [4.69, 9.17) is 4.74 Å². The highest BCUT2D eigenvalue weighted by Gasteiger charge is 2.42. The summed E-state index contributed by atoms with van der Waals surface area (Å²) in [7, 11) is 0. The molecule has 1 spiro atoms. The summed E-state index contributed by atoms with van der Waals surface area (Å²) in [5.41, 5.74) is -0.633. The van der Waals surface area contributed by atoms with E-state index in [1.165, 1.54) is 0 Å². The van der Waals surface area contributed by atoms with Gasteiger partial charge in [0, 0.05) is 37.0 Å². The Balaban J connectivity index is 1.67. The third-order valence-corrected chi connectivity index (χ3v) is 5.30. The van der Waals surface area contributed by atoms with Crippen molar-refractivity contribution in [1.29, 1.82) is 0 Å². The summed E-state index contributed by atoms with van der Waals surface area (Å²) in [4.78, 5) is 10.3. The van der Waals surface area contributed by atoms with Gasteiger partial charge in [-0.25, -0.2) is 9.98 Å². The van der Waals surface area contributed by atoms with Crippen molar-refractivity contribution in [1.82, 2.24) is 15.2 Å². The number of nitrogens with zero attached hydrogens (tertiary/aromatic N) is 3. The molecule has 134 valence electrons. The van der Waals surface area contributed by atoms with E-state index in [9.17, 15) is 13.2 Å². The molecule has 0 saturated carbocycles. The number of rotatable bonds is 3. The molecule has 1 unspecified atom stereocenters. The Morgan fingerprint density at radius 1 is 1.50 bits per heavy atom. The molecule has 9 heteroatoms. The van der Waals surface area contributed by atoms with Gasteiger partial charge in [-0.05, 0) is 19.8 Å². The lowest BCUT2D eigenvalue weighted by molar-refractivity contribution is -0.140. The van der Waals surface area contributed by atoms with Crippen molar-refractivity contribution >= 4 is 17.3 Å². The number of hydrogen-bond acceptors (Lipinski definition) is 4. The van der Waals surface area contributed by atoms with Crippen LogP contribution in [0.5, 0.6) is 0 Å². The maximum atomic E-state index is 12.6. The minimum absolute atomic E-state index is 0.156. The molecule has 3 heterocycles. The minimum atomic E-state index is -4.40. The molecule has 1 N–H and O–H groups in total. The Hall–Kier alpha value is -1.35. The maximum absolute atomic E-state index is 12.6. The van der Waals surface area contributed by atoms with E-state index >= 15 is 0 Å². The van der Waals surface area contributed by atoms with Gasteiger partial charge in [0.05, 0.1) is 13.2 Å². The number of thiazole rings is 1. The monoisotopic (exact) mass is 362 g/mol. The Bertz CT molecular complexity index is 596. The molecule has 1 atom stereocenters. The van der Waals surface area contributed by atoms with Gasteiger partial charge in [-0.1, -0.05) is 0 Å². The van der Waals surface area contributed by atoms with Gasteiger partial charge in [0.1, 0.15) is 5.01 Å². The number of nitrogens with one attached hydrogen (secondary N) is 1. The van der Waals surface area contributed by atoms with Crippen LogP contribution in [0, 0.1) is 5.41 Å². The first kappa shape index (κ1) is 17.5. The summed E-state index contributed by atoms with van der Waals surface area (Å²) in [6.45, 7) is 6.20. The Kier molecular flexibility index (Phi) is 5.00. The smallest absolute Gasteiger partial charge is 0.381 e. The average molecular weight is 362 g/mol. The average Bonchev–Trinajstić information content (AvgIpc) is 3.25. The molecule has 0 aliphatic carbocycles. The number of halogens is 3. The van der Waals surface area contributed by atoms with Crippen LogP contribution in [-0.4, -0.2) is 48.7 Å². The van der Waals surface area contributed by atoms with E-state index in [1.807, 2.05) is 6.92 Å². The van der Waals surface area contributed by atoms with Gasteiger partial charge in [0.25, 0.3) is 0 Å². The molecule has 2 fully saturated rings.